The van der Waals surface area contributed by atoms with Gasteiger partial charge in [-0.2, -0.15) is 0 Å². The lowest BCUT2D eigenvalue weighted by Crippen LogP contribution is -2.08. The standard InChI is InChI=1S/C13H15NO2/c1-16-13-7-6-10(8-14-9-15)11-4-2-3-5-12(11)13/h6-7H,2-5,8H2,1H3. The van der Waals surface area contributed by atoms with Crippen LogP contribution in [0.4, 0.5) is 0 Å². The minimum absolute atomic E-state index is 0.440. The quantitative estimate of drug-likeness (QED) is 0.576. The highest BCUT2D eigenvalue weighted by Gasteiger charge is 2.16. The number of methoxy groups -OCH3 is 1. The monoisotopic (exact) mass is 217 g/mol. The van der Waals surface area contributed by atoms with E-state index in [0.717, 1.165) is 24.2 Å². The number of carbonyl (C=O) groups excluding carboxylic acids is 1. The van der Waals surface area contributed by atoms with Crippen LogP contribution in [0.5, 0.6) is 5.75 Å². The summed E-state index contributed by atoms with van der Waals surface area (Å²) in [6.07, 6.45) is 6.15. The van der Waals surface area contributed by atoms with Gasteiger partial charge in [0, 0.05) is 0 Å². The Morgan fingerprint density at radius 1 is 1.31 bits per heavy atom. The smallest absolute Gasteiger partial charge is 0.235 e. The molecule has 0 bridgehead atoms. The number of isocyanates is 1. The maximum absolute atomic E-state index is 10.2. The molecule has 0 aliphatic heterocycles. The first-order valence-electron chi connectivity index (χ1n) is 5.58. The third-order valence-electron chi connectivity index (χ3n) is 3.12. The van der Waals surface area contributed by atoms with Crippen molar-refractivity contribution in [3.05, 3.63) is 28.8 Å². The molecular formula is C13H15NO2. The highest BCUT2D eigenvalue weighted by Crippen LogP contribution is 2.32. The van der Waals surface area contributed by atoms with E-state index >= 15 is 0 Å². The summed E-state index contributed by atoms with van der Waals surface area (Å²) in [4.78, 5) is 13.8. The van der Waals surface area contributed by atoms with Gasteiger partial charge >= 0.3 is 0 Å². The molecule has 0 heterocycles. The molecule has 2 rings (SSSR count). The van der Waals surface area contributed by atoms with Crippen molar-refractivity contribution in [2.45, 2.75) is 32.2 Å². The predicted molar refractivity (Wildman–Crippen MR) is 61.5 cm³/mol. The van der Waals surface area contributed by atoms with Crippen LogP contribution < -0.4 is 4.74 Å². The van der Waals surface area contributed by atoms with Crippen molar-refractivity contribution in [2.24, 2.45) is 4.99 Å². The lowest BCUT2D eigenvalue weighted by molar-refractivity contribution is 0.406. The molecule has 0 atom stereocenters. The van der Waals surface area contributed by atoms with E-state index < -0.39 is 0 Å². The second-order valence-corrected chi connectivity index (χ2v) is 4.00. The molecule has 3 nitrogen and oxygen atoms in total. The van der Waals surface area contributed by atoms with Crippen LogP contribution in [-0.2, 0) is 24.2 Å². The Balaban J connectivity index is 2.43. The number of hydrogen-bond acceptors (Lipinski definition) is 3. The maximum Gasteiger partial charge on any atom is 0.235 e. The molecule has 3 heteroatoms. The Labute approximate surface area is 95.2 Å². The van der Waals surface area contributed by atoms with Gasteiger partial charge in [0.15, 0.2) is 0 Å². The summed E-state index contributed by atoms with van der Waals surface area (Å²) in [7, 11) is 1.70. The second-order valence-electron chi connectivity index (χ2n) is 4.00. The summed E-state index contributed by atoms with van der Waals surface area (Å²) in [5.74, 6) is 0.966. The molecule has 0 amide bonds. The van der Waals surface area contributed by atoms with Gasteiger partial charge in [0.05, 0.1) is 13.7 Å². The van der Waals surface area contributed by atoms with Crippen molar-refractivity contribution in [3.63, 3.8) is 0 Å². The number of hydrogen-bond donors (Lipinski definition) is 0. The first kappa shape index (κ1) is 10.9. The van der Waals surface area contributed by atoms with E-state index in [9.17, 15) is 4.79 Å². The van der Waals surface area contributed by atoms with E-state index in [2.05, 4.69) is 4.99 Å². The van der Waals surface area contributed by atoms with E-state index in [4.69, 9.17) is 4.74 Å². The summed E-state index contributed by atoms with van der Waals surface area (Å²) in [6.45, 7) is 0.440. The fraction of sp³-hybridized carbons (Fsp3) is 0.462. The highest BCUT2D eigenvalue weighted by atomic mass is 16.5. The van der Waals surface area contributed by atoms with Gasteiger partial charge in [-0.25, -0.2) is 9.79 Å². The molecule has 1 aliphatic rings. The van der Waals surface area contributed by atoms with Crippen molar-refractivity contribution >= 4 is 6.08 Å². The Morgan fingerprint density at radius 2 is 2.06 bits per heavy atom. The molecule has 0 spiro atoms. The second kappa shape index (κ2) is 4.95. The zero-order valence-corrected chi connectivity index (χ0v) is 9.45. The zero-order valence-electron chi connectivity index (χ0n) is 9.45. The van der Waals surface area contributed by atoms with Gasteiger partial charge in [0.1, 0.15) is 5.75 Å². The van der Waals surface area contributed by atoms with E-state index in [0.29, 0.717) is 6.54 Å². The number of rotatable bonds is 3. The average molecular weight is 217 g/mol. The van der Waals surface area contributed by atoms with Gasteiger partial charge in [-0.3, -0.25) is 0 Å². The van der Waals surface area contributed by atoms with Gasteiger partial charge in [0.2, 0.25) is 6.08 Å². The van der Waals surface area contributed by atoms with Gasteiger partial charge in [-0.1, -0.05) is 6.07 Å². The normalized spacial score (nSPS) is 13.8. The third kappa shape index (κ3) is 2.00. The molecule has 16 heavy (non-hydrogen) atoms. The first-order valence-corrected chi connectivity index (χ1v) is 5.58. The number of fused-ring (bicyclic) bond motifs is 1. The van der Waals surface area contributed by atoms with Gasteiger partial charge < -0.3 is 4.74 Å². The fourth-order valence-electron chi connectivity index (χ4n) is 2.37. The molecule has 1 aliphatic carbocycles. The number of aliphatic imine (C=N–C) groups is 1. The SMILES string of the molecule is COc1ccc(CN=C=O)c2c1CCCC2. The van der Waals surface area contributed by atoms with E-state index in [1.807, 2.05) is 12.1 Å². The molecule has 0 aromatic heterocycles. The van der Waals surface area contributed by atoms with Crippen molar-refractivity contribution in [1.82, 2.24) is 0 Å². The van der Waals surface area contributed by atoms with Crippen molar-refractivity contribution in [1.29, 1.82) is 0 Å². The predicted octanol–water partition coefficient (Wildman–Crippen LogP) is 2.41. The van der Waals surface area contributed by atoms with Gasteiger partial charge in [0.25, 0.3) is 0 Å². The number of ether oxygens (including phenoxy) is 1. The van der Waals surface area contributed by atoms with Gasteiger partial charge in [-0.15, -0.1) is 0 Å². The maximum atomic E-state index is 10.2. The van der Waals surface area contributed by atoms with Gasteiger partial charge in [-0.05, 0) is 48.4 Å². The van der Waals surface area contributed by atoms with Crippen LogP contribution in [-0.4, -0.2) is 13.2 Å². The topological polar surface area (TPSA) is 38.7 Å². The highest BCUT2D eigenvalue weighted by molar-refractivity contribution is 5.47. The van der Waals surface area contributed by atoms with Crippen LogP contribution in [0.15, 0.2) is 17.1 Å². The largest absolute Gasteiger partial charge is 0.496 e. The summed E-state index contributed by atoms with van der Waals surface area (Å²) in [6, 6.07) is 3.98. The summed E-state index contributed by atoms with van der Waals surface area (Å²) < 4.78 is 5.36. The fourth-order valence-corrected chi connectivity index (χ4v) is 2.37. The lowest BCUT2D eigenvalue weighted by Gasteiger charge is -2.21. The molecule has 0 saturated heterocycles. The van der Waals surface area contributed by atoms with Crippen LogP contribution >= 0.6 is 0 Å². The Kier molecular flexibility index (Phi) is 3.37. The Morgan fingerprint density at radius 3 is 2.75 bits per heavy atom. The molecule has 0 unspecified atom stereocenters. The summed E-state index contributed by atoms with van der Waals surface area (Å²) >= 11 is 0. The molecule has 0 fully saturated rings. The summed E-state index contributed by atoms with van der Waals surface area (Å²) in [5, 5.41) is 0. The van der Waals surface area contributed by atoms with Crippen LogP contribution in [0, 0.1) is 0 Å². The van der Waals surface area contributed by atoms with Crippen molar-refractivity contribution < 1.29 is 9.53 Å². The van der Waals surface area contributed by atoms with Crippen LogP contribution in [0.2, 0.25) is 0 Å². The number of benzene rings is 1. The van der Waals surface area contributed by atoms with Crippen molar-refractivity contribution in [2.75, 3.05) is 7.11 Å². The number of nitrogens with zero attached hydrogens (tertiary/aromatic N) is 1. The van der Waals surface area contributed by atoms with E-state index in [-0.39, 0.29) is 0 Å². The minimum atomic E-state index is 0.440. The Bertz CT molecular complexity index is 434. The van der Waals surface area contributed by atoms with Crippen LogP contribution in [0.1, 0.15) is 29.5 Å². The summed E-state index contributed by atoms with van der Waals surface area (Å²) in [5.41, 5.74) is 3.76. The van der Waals surface area contributed by atoms with Crippen LogP contribution in [0.25, 0.3) is 0 Å². The molecule has 1 aromatic rings. The van der Waals surface area contributed by atoms with E-state index in [1.54, 1.807) is 13.2 Å². The minimum Gasteiger partial charge on any atom is -0.496 e. The van der Waals surface area contributed by atoms with Crippen molar-refractivity contribution in [3.8, 4) is 5.75 Å². The van der Waals surface area contributed by atoms with Crippen LogP contribution in [0.3, 0.4) is 0 Å². The molecule has 0 N–H and O–H groups in total. The molecule has 0 radical (unpaired) electrons. The molecular weight excluding hydrogens is 202 g/mol. The zero-order chi connectivity index (χ0) is 11.4. The first-order chi connectivity index (χ1) is 7.86. The Hall–Kier alpha value is -1.60. The molecule has 84 valence electrons. The lowest BCUT2D eigenvalue weighted by atomic mass is 9.87. The van der Waals surface area contributed by atoms with E-state index in [1.165, 1.54) is 24.0 Å². The molecule has 0 saturated carbocycles. The average Bonchev–Trinajstić information content (AvgIpc) is 2.36. The third-order valence-corrected chi connectivity index (χ3v) is 3.12. The molecule has 1 aromatic carbocycles.